The zero-order valence-corrected chi connectivity index (χ0v) is 18.8. The van der Waals surface area contributed by atoms with Crippen LogP contribution in [-0.2, 0) is 19.4 Å². The van der Waals surface area contributed by atoms with E-state index in [1.165, 1.54) is 11.1 Å². The Hall–Kier alpha value is -4.04. The van der Waals surface area contributed by atoms with Crippen LogP contribution in [0.25, 0.3) is 11.3 Å². The summed E-state index contributed by atoms with van der Waals surface area (Å²) in [6.45, 7) is 1.19. The molecule has 0 saturated heterocycles. The summed E-state index contributed by atoms with van der Waals surface area (Å²) >= 11 is 0. The van der Waals surface area contributed by atoms with Gasteiger partial charge in [-0.05, 0) is 35.6 Å². The molecule has 0 bridgehead atoms. The molecular formula is C26H27N7O. The summed E-state index contributed by atoms with van der Waals surface area (Å²) in [7, 11) is 0. The maximum absolute atomic E-state index is 12.7. The first-order valence-corrected chi connectivity index (χ1v) is 11.5. The minimum atomic E-state index is -0.343. The molecule has 5 rings (SSSR count). The van der Waals surface area contributed by atoms with E-state index in [-0.39, 0.29) is 17.4 Å². The van der Waals surface area contributed by atoms with Gasteiger partial charge in [0.05, 0.1) is 18.2 Å². The van der Waals surface area contributed by atoms with Crippen LogP contribution in [0.4, 0.5) is 5.82 Å². The van der Waals surface area contributed by atoms with Crippen LogP contribution in [0, 0.1) is 0 Å². The number of nitrogens with two attached hydrogens (primary N) is 1. The number of rotatable bonds is 8. The molecule has 5 N–H and O–H groups in total. The third-order valence-corrected chi connectivity index (χ3v) is 6.16. The van der Waals surface area contributed by atoms with Gasteiger partial charge in [-0.1, -0.05) is 42.5 Å². The standard InChI is InChI=1S/C26H27N7O/c27-25-24(26(34)29-11-10-20-14-28-16-32-20)33-23(15-31-25)19-6-3-4-17(12-19)13-30-22-9-8-18-5-1-2-7-21(18)22/h1-7,12,14-16,22,30H,8-11,13H2,(H2,27,31)(H,28,32)(H,29,34)/t22-/m0/s1. The first-order chi connectivity index (χ1) is 16.7. The van der Waals surface area contributed by atoms with Gasteiger partial charge in [0.1, 0.15) is 0 Å². The maximum atomic E-state index is 12.7. The number of fused-ring (bicyclic) bond motifs is 1. The van der Waals surface area contributed by atoms with Crippen molar-refractivity contribution in [3.63, 3.8) is 0 Å². The van der Waals surface area contributed by atoms with Crippen molar-refractivity contribution >= 4 is 11.7 Å². The third kappa shape index (κ3) is 4.82. The average molecular weight is 454 g/mol. The molecule has 1 atom stereocenters. The van der Waals surface area contributed by atoms with Crippen molar-refractivity contribution < 1.29 is 4.79 Å². The number of aromatic amines is 1. The van der Waals surface area contributed by atoms with Gasteiger partial charge in [-0.3, -0.25) is 4.79 Å². The molecule has 2 aromatic heterocycles. The Morgan fingerprint density at radius 1 is 1.15 bits per heavy atom. The lowest BCUT2D eigenvalue weighted by atomic mass is 10.1. The predicted octanol–water partition coefficient (Wildman–Crippen LogP) is 3.20. The van der Waals surface area contributed by atoms with E-state index in [2.05, 4.69) is 67.0 Å². The predicted molar refractivity (Wildman–Crippen MR) is 131 cm³/mol. The van der Waals surface area contributed by atoms with Gasteiger partial charge >= 0.3 is 0 Å². The van der Waals surface area contributed by atoms with Crippen molar-refractivity contribution in [1.82, 2.24) is 30.6 Å². The molecule has 2 aromatic carbocycles. The smallest absolute Gasteiger partial charge is 0.273 e. The van der Waals surface area contributed by atoms with Crippen LogP contribution in [-0.4, -0.2) is 32.4 Å². The summed E-state index contributed by atoms with van der Waals surface area (Å²) in [5.74, 6) is -0.232. The molecule has 0 spiro atoms. The summed E-state index contributed by atoms with van der Waals surface area (Å²) in [6.07, 6.45) is 7.81. The van der Waals surface area contributed by atoms with E-state index in [9.17, 15) is 4.79 Å². The number of nitrogen functional groups attached to an aromatic ring is 1. The molecule has 34 heavy (non-hydrogen) atoms. The van der Waals surface area contributed by atoms with Crippen LogP contribution in [0.2, 0.25) is 0 Å². The second-order valence-corrected chi connectivity index (χ2v) is 8.44. The van der Waals surface area contributed by atoms with E-state index in [1.807, 2.05) is 12.1 Å². The number of carbonyl (C=O) groups excluding carboxylic acids is 1. The third-order valence-electron chi connectivity index (χ3n) is 6.16. The highest BCUT2D eigenvalue weighted by Gasteiger charge is 2.21. The number of nitrogens with zero attached hydrogens (tertiary/aromatic N) is 3. The first-order valence-electron chi connectivity index (χ1n) is 11.5. The minimum Gasteiger partial charge on any atom is -0.382 e. The molecular weight excluding hydrogens is 426 g/mol. The topological polar surface area (TPSA) is 122 Å². The van der Waals surface area contributed by atoms with Gasteiger partial charge in [-0.2, -0.15) is 0 Å². The Morgan fingerprint density at radius 3 is 2.94 bits per heavy atom. The number of hydrogen-bond acceptors (Lipinski definition) is 6. The van der Waals surface area contributed by atoms with Gasteiger partial charge in [-0.25, -0.2) is 15.0 Å². The number of anilines is 1. The highest BCUT2D eigenvalue weighted by molar-refractivity contribution is 5.96. The molecule has 0 unspecified atom stereocenters. The van der Waals surface area contributed by atoms with Crippen molar-refractivity contribution in [2.75, 3.05) is 12.3 Å². The molecule has 1 aliphatic carbocycles. The van der Waals surface area contributed by atoms with Crippen molar-refractivity contribution in [1.29, 1.82) is 0 Å². The Bertz CT molecular complexity index is 1290. The lowest BCUT2D eigenvalue weighted by molar-refractivity contribution is 0.0950. The van der Waals surface area contributed by atoms with E-state index in [0.717, 1.165) is 36.2 Å². The number of aromatic nitrogens is 4. The highest BCUT2D eigenvalue weighted by Crippen LogP contribution is 2.31. The van der Waals surface area contributed by atoms with Crippen molar-refractivity contribution in [2.24, 2.45) is 0 Å². The number of carbonyl (C=O) groups is 1. The molecule has 0 fully saturated rings. The summed E-state index contributed by atoms with van der Waals surface area (Å²) in [4.78, 5) is 28.4. The molecule has 0 saturated carbocycles. The Morgan fingerprint density at radius 2 is 2.06 bits per heavy atom. The van der Waals surface area contributed by atoms with Gasteiger partial charge in [0.15, 0.2) is 11.5 Å². The lowest BCUT2D eigenvalue weighted by Crippen LogP contribution is -2.28. The van der Waals surface area contributed by atoms with E-state index in [0.29, 0.717) is 24.7 Å². The summed E-state index contributed by atoms with van der Waals surface area (Å²) in [5.41, 5.74) is 12.5. The Kier molecular flexibility index (Phi) is 6.31. The number of imidazole rings is 1. The molecule has 1 aliphatic rings. The molecule has 8 heteroatoms. The molecule has 8 nitrogen and oxygen atoms in total. The van der Waals surface area contributed by atoms with E-state index in [1.54, 1.807) is 18.7 Å². The van der Waals surface area contributed by atoms with E-state index < -0.39 is 0 Å². The average Bonchev–Trinajstić information content (AvgIpc) is 3.53. The van der Waals surface area contributed by atoms with Gasteiger partial charge in [0.2, 0.25) is 0 Å². The monoisotopic (exact) mass is 453 g/mol. The second kappa shape index (κ2) is 9.84. The number of benzene rings is 2. The fourth-order valence-electron chi connectivity index (χ4n) is 4.37. The molecule has 4 aromatic rings. The molecule has 172 valence electrons. The molecule has 0 radical (unpaired) electrons. The van der Waals surface area contributed by atoms with E-state index >= 15 is 0 Å². The largest absolute Gasteiger partial charge is 0.382 e. The lowest BCUT2D eigenvalue weighted by Gasteiger charge is -2.15. The first kappa shape index (κ1) is 21.8. The van der Waals surface area contributed by atoms with Crippen LogP contribution in [0.1, 0.15) is 45.3 Å². The van der Waals surface area contributed by atoms with Gasteiger partial charge in [-0.15, -0.1) is 0 Å². The summed E-state index contributed by atoms with van der Waals surface area (Å²) in [6, 6.07) is 17.1. The summed E-state index contributed by atoms with van der Waals surface area (Å²) in [5, 5.41) is 6.53. The van der Waals surface area contributed by atoms with Crippen LogP contribution in [0.5, 0.6) is 0 Å². The highest BCUT2D eigenvalue weighted by atomic mass is 16.1. The van der Waals surface area contributed by atoms with Crippen LogP contribution in [0.15, 0.2) is 67.3 Å². The van der Waals surface area contributed by atoms with Crippen LogP contribution in [0.3, 0.4) is 0 Å². The van der Waals surface area contributed by atoms with Crippen LogP contribution < -0.4 is 16.4 Å². The number of nitrogens with one attached hydrogen (secondary N) is 3. The summed E-state index contributed by atoms with van der Waals surface area (Å²) < 4.78 is 0. The molecule has 1 amide bonds. The van der Waals surface area contributed by atoms with Gasteiger partial charge < -0.3 is 21.4 Å². The fourth-order valence-corrected chi connectivity index (χ4v) is 4.37. The Balaban J connectivity index is 1.26. The quantitative estimate of drug-likeness (QED) is 0.325. The van der Waals surface area contributed by atoms with Crippen molar-refractivity contribution in [3.05, 3.63) is 95.3 Å². The zero-order valence-electron chi connectivity index (χ0n) is 18.8. The normalized spacial score (nSPS) is 14.6. The number of amides is 1. The van der Waals surface area contributed by atoms with Crippen LogP contribution >= 0.6 is 0 Å². The van der Waals surface area contributed by atoms with Gasteiger partial charge in [0.25, 0.3) is 5.91 Å². The fraction of sp³-hybridized carbons (Fsp3) is 0.231. The number of hydrogen-bond donors (Lipinski definition) is 4. The minimum absolute atomic E-state index is 0.112. The van der Waals surface area contributed by atoms with Gasteiger partial charge in [0, 0.05) is 43.0 Å². The number of aryl methyl sites for hydroxylation is 1. The Labute approximate surface area is 198 Å². The molecule has 2 heterocycles. The van der Waals surface area contributed by atoms with E-state index in [4.69, 9.17) is 5.73 Å². The zero-order chi connectivity index (χ0) is 23.3. The second-order valence-electron chi connectivity index (χ2n) is 8.44. The number of H-pyrrole nitrogens is 1. The molecule has 0 aliphatic heterocycles. The maximum Gasteiger partial charge on any atom is 0.273 e. The van der Waals surface area contributed by atoms with Crippen molar-refractivity contribution in [2.45, 2.75) is 31.8 Å². The van der Waals surface area contributed by atoms with Crippen molar-refractivity contribution in [3.8, 4) is 11.3 Å². The SMILES string of the molecule is Nc1ncc(-c2cccc(CN[C@H]3CCc4ccccc43)c2)nc1C(=O)NCCc1cnc[nH]1.